The molecule has 0 spiro atoms. The summed E-state index contributed by atoms with van der Waals surface area (Å²) in [5, 5.41) is 7.73. The van der Waals surface area contributed by atoms with Crippen LogP contribution >= 0.6 is 0 Å². The maximum atomic E-state index is 11.3. The van der Waals surface area contributed by atoms with E-state index < -0.39 is 0 Å². The van der Waals surface area contributed by atoms with Crippen LogP contribution in [0.3, 0.4) is 0 Å². The molecule has 1 aromatic rings. The standard InChI is InChI=1S/C9H12N2O/c1-4-9(12)8-5-6(2)10-11-7(8)3/h5H,4H2,1-3H3. The zero-order valence-electron chi connectivity index (χ0n) is 7.59. The first-order valence-electron chi connectivity index (χ1n) is 3.99. The fourth-order valence-electron chi connectivity index (χ4n) is 1.02. The highest BCUT2D eigenvalue weighted by Crippen LogP contribution is 2.07. The van der Waals surface area contributed by atoms with Crippen molar-refractivity contribution in [1.29, 1.82) is 0 Å². The first-order valence-corrected chi connectivity index (χ1v) is 3.99. The van der Waals surface area contributed by atoms with Crippen molar-refractivity contribution in [3.05, 3.63) is 23.0 Å². The average molecular weight is 164 g/mol. The minimum Gasteiger partial charge on any atom is -0.294 e. The van der Waals surface area contributed by atoms with Gasteiger partial charge in [0.2, 0.25) is 0 Å². The predicted octanol–water partition coefficient (Wildman–Crippen LogP) is 1.69. The number of aromatic nitrogens is 2. The van der Waals surface area contributed by atoms with Crippen LogP contribution in [0.25, 0.3) is 0 Å². The molecule has 3 heteroatoms. The number of carbonyl (C=O) groups excluding carboxylic acids is 1. The lowest BCUT2D eigenvalue weighted by Crippen LogP contribution is -2.04. The normalized spacial score (nSPS) is 9.92. The number of carbonyl (C=O) groups is 1. The molecule has 0 unspecified atom stereocenters. The number of aryl methyl sites for hydroxylation is 2. The summed E-state index contributed by atoms with van der Waals surface area (Å²) >= 11 is 0. The van der Waals surface area contributed by atoms with Crippen LogP contribution in [-0.2, 0) is 0 Å². The molecule has 64 valence electrons. The lowest BCUT2D eigenvalue weighted by Gasteiger charge is -2.01. The van der Waals surface area contributed by atoms with Gasteiger partial charge in [0.1, 0.15) is 0 Å². The van der Waals surface area contributed by atoms with Crippen LogP contribution in [-0.4, -0.2) is 16.0 Å². The van der Waals surface area contributed by atoms with Crippen molar-refractivity contribution in [1.82, 2.24) is 10.2 Å². The Morgan fingerprint density at radius 2 is 2.08 bits per heavy atom. The molecule has 0 amide bonds. The summed E-state index contributed by atoms with van der Waals surface area (Å²) in [7, 11) is 0. The fourth-order valence-corrected chi connectivity index (χ4v) is 1.02. The summed E-state index contributed by atoms with van der Waals surface area (Å²) in [6.07, 6.45) is 0.520. The Morgan fingerprint density at radius 1 is 1.42 bits per heavy atom. The first-order chi connectivity index (χ1) is 5.65. The van der Waals surface area contributed by atoms with Gasteiger partial charge >= 0.3 is 0 Å². The molecule has 0 bridgehead atoms. The third-order valence-electron chi connectivity index (χ3n) is 1.72. The summed E-state index contributed by atoms with van der Waals surface area (Å²) in [5.41, 5.74) is 2.20. The number of nitrogens with zero attached hydrogens (tertiary/aromatic N) is 2. The van der Waals surface area contributed by atoms with Gasteiger partial charge in [-0.15, -0.1) is 0 Å². The third-order valence-corrected chi connectivity index (χ3v) is 1.72. The van der Waals surface area contributed by atoms with Crippen LogP contribution in [0.15, 0.2) is 6.07 Å². The molecule has 0 atom stereocenters. The van der Waals surface area contributed by atoms with E-state index in [0.29, 0.717) is 17.7 Å². The molecule has 1 rings (SSSR count). The van der Waals surface area contributed by atoms with E-state index in [9.17, 15) is 4.79 Å². The molecule has 1 heterocycles. The molecule has 0 saturated heterocycles. The Kier molecular flexibility index (Phi) is 2.53. The molecule has 0 aliphatic carbocycles. The van der Waals surface area contributed by atoms with Gasteiger partial charge in [-0.1, -0.05) is 6.92 Å². The Hall–Kier alpha value is -1.25. The smallest absolute Gasteiger partial charge is 0.164 e. The molecule has 0 N–H and O–H groups in total. The monoisotopic (exact) mass is 164 g/mol. The van der Waals surface area contributed by atoms with Crippen molar-refractivity contribution in [2.75, 3.05) is 0 Å². The van der Waals surface area contributed by atoms with Crippen LogP contribution in [0.2, 0.25) is 0 Å². The van der Waals surface area contributed by atoms with Crippen molar-refractivity contribution in [2.45, 2.75) is 27.2 Å². The minimum absolute atomic E-state index is 0.130. The number of hydrogen-bond donors (Lipinski definition) is 0. The van der Waals surface area contributed by atoms with Gasteiger partial charge in [0.05, 0.1) is 11.4 Å². The quantitative estimate of drug-likeness (QED) is 0.624. The van der Waals surface area contributed by atoms with Crippen LogP contribution in [0.1, 0.15) is 35.1 Å². The van der Waals surface area contributed by atoms with Gasteiger partial charge in [-0.2, -0.15) is 10.2 Å². The van der Waals surface area contributed by atoms with E-state index in [-0.39, 0.29) is 5.78 Å². The first kappa shape index (κ1) is 8.84. The molecule has 0 aliphatic rings. The van der Waals surface area contributed by atoms with Crippen LogP contribution in [0.5, 0.6) is 0 Å². The molecule has 0 fully saturated rings. The van der Waals surface area contributed by atoms with Crippen LogP contribution < -0.4 is 0 Å². The van der Waals surface area contributed by atoms with E-state index >= 15 is 0 Å². The maximum Gasteiger partial charge on any atom is 0.164 e. The van der Waals surface area contributed by atoms with Gasteiger partial charge < -0.3 is 0 Å². The highest BCUT2D eigenvalue weighted by molar-refractivity contribution is 5.96. The van der Waals surface area contributed by atoms with Crippen molar-refractivity contribution < 1.29 is 4.79 Å². The van der Waals surface area contributed by atoms with E-state index in [1.54, 1.807) is 13.0 Å². The Bertz CT molecular complexity index is 307. The van der Waals surface area contributed by atoms with Crippen LogP contribution in [0, 0.1) is 13.8 Å². The Morgan fingerprint density at radius 3 is 2.67 bits per heavy atom. The molecule has 0 radical (unpaired) electrons. The summed E-state index contributed by atoms with van der Waals surface area (Å²) < 4.78 is 0. The molecular weight excluding hydrogens is 152 g/mol. The largest absolute Gasteiger partial charge is 0.294 e. The number of hydrogen-bond acceptors (Lipinski definition) is 3. The Labute approximate surface area is 71.8 Å². The second-order valence-corrected chi connectivity index (χ2v) is 2.76. The van der Waals surface area contributed by atoms with E-state index in [0.717, 1.165) is 5.69 Å². The summed E-state index contributed by atoms with van der Waals surface area (Å²) in [5.74, 6) is 0.130. The van der Waals surface area contributed by atoms with Gasteiger partial charge in [-0.05, 0) is 19.9 Å². The van der Waals surface area contributed by atoms with Gasteiger partial charge in [-0.3, -0.25) is 4.79 Å². The van der Waals surface area contributed by atoms with E-state index in [1.165, 1.54) is 0 Å². The van der Waals surface area contributed by atoms with Crippen molar-refractivity contribution >= 4 is 5.78 Å². The van der Waals surface area contributed by atoms with E-state index in [4.69, 9.17) is 0 Å². The van der Waals surface area contributed by atoms with Crippen molar-refractivity contribution in [3.8, 4) is 0 Å². The van der Waals surface area contributed by atoms with E-state index in [2.05, 4.69) is 10.2 Å². The second kappa shape index (κ2) is 3.43. The molecule has 0 aromatic carbocycles. The highest BCUT2D eigenvalue weighted by Gasteiger charge is 2.07. The molecule has 12 heavy (non-hydrogen) atoms. The highest BCUT2D eigenvalue weighted by atomic mass is 16.1. The molecule has 0 aliphatic heterocycles. The van der Waals surface area contributed by atoms with Crippen molar-refractivity contribution in [2.24, 2.45) is 0 Å². The van der Waals surface area contributed by atoms with Gasteiger partial charge in [0, 0.05) is 12.0 Å². The minimum atomic E-state index is 0.130. The summed E-state index contributed by atoms with van der Waals surface area (Å²) in [4.78, 5) is 11.3. The van der Waals surface area contributed by atoms with Gasteiger partial charge in [0.15, 0.2) is 5.78 Å². The lowest BCUT2D eigenvalue weighted by molar-refractivity contribution is 0.0987. The topological polar surface area (TPSA) is 42.9 Å². The summed E-state index contributed by atoms with van der Waals surface area (Å²) in [6, 6.07) is 1.79. The average Bonchev–Trinajstić information content (AvgIpc) is 2.08. The SMILES string of the molecule is CCC(=O)c1cc(C)nnc1C. The van der Waals surface area contributed by atoms with E-state index in [1.807, 2.05) is 13.8 Å². The van der Waals surface area contributed by atoms with Crippen LogP contribution in [0.4, 0.5) is 0 Å². The maximum absolute atomic E-state index is 11.3. The zero-order valence-corrected chi connectivity index (χ0v) is 7.59. The molecule has 3 nitrogen and oxygen atoms in total. The van der Waals surface area contributed by atoms with Crippen molar-refractivity contribution in [3.63, 3.8) is 0 Å². The van der Waals surface area contributed by atoms with Gasteiger partial charge in [0.25, 0.3) is 0 Å². The molecular formula is C9H12N2O. The number of ketones is 1. The fraction of sp³-hybridized carbons (Fsp3) is 0.444. The lowest BCUT2D eigenvalue weighted by atomic mass is 10.1. The third kappa shape index (κ3) is 1.67. The van der Waals surface area contributed by atoms with Gasteiger partial charge in [-0.25, -0.2) is 0 Å². The second-order valence-electron chi connectivity index (χ2n) is 2.76. The molecule has 1 aromatic heterocycles. The number of Topliss-reactive ketones (excluding diaryl/α,β-unsaturated/α-hetero) is 1. The Balaban J connectivity index is 3.13. The number of rotatable bonds is 2. The zero-order chi connectivity index (χ0) is 9.14. The summed E-state index contributed by atoms with van der Waals surface area (Å²) in [6.45, 7) is 5.48. The predicted molar refractivity (Wildman–Crippen MR) is 46.1 cm³/mol. The molecule has 0 saturated carbocycles.